The van der Waals surface area contributed by atoms with Crippen molar-refractivity contribution in [2.24, 2.45) is 0 Å². The fourth-order valence-corrected chi connectivity index (χ4v) is 1.13. The van der Waals surface area contributed by atoms with Gasteiger partial charge in [0.05, 0.1) is 18.3 Å². The average Bonchev–Trinajstić information content (AvgIpc) is 2.12. The van der Waals surface area contributed by atoms with Crippen molar-refractivity contribution in [3.8, 4) is 6.07 Å². The van der Waals surface area contributed by atoms with Gasteiger partial charge in [-0.25, -0.2) is 0 Å². The number of allylic oxidation sites excluding steroid dienone is 4. The second-order valence-electron chi connectivity index (χ2n) is 3.57. The topological polar surface area (TPSA) is 40.4 Å². The smallest absolute Gasteiger partial charge is 0.0985 e. The molecule has 0 fully saturated rings. The molecule has 0 atom stereocenters. The molecule has 0 aliphatic carbocycles. The van der Waals surface area contributed by atoms with Crippen LogP contribution in [0.15, 0.2) is 36.1 Å². The van der Waals surface area contributed by atoms with Crippen LogP contribution in [0.5, 0.6) is 0 Å². The van der Waals surface area contributed by atoms with Crippen LogP contribution in [0.4, 0.5) is 0 Å². The van der Waals surface area contributed by atoms with Gasteiger partial charge in [-0.15, -0.1) is 0 Å². The van der Waals surface area contributed by atoms with Crippen molar-refractivity contribution in [2.75, 3.05) is 6.54 Å². The largest absolute Gasteiger partial charge is 0.318 e. The van der Waals surface area contributed by atoms with Crippen LogP contribution in [0, 0.1) is 11.3 Å². The average molecular weight is 191 g/mol. The molecule has 2 N–H and O–H groups in total. The number of nitrogens with zero attached hydrogens (tertiary/aromatic N) is 1. The summed E-state index contributed by atoms with van der Waals surface area (Å²) in [6, 6.07) is 2.01. The highest BCUT2D eigenvalue weighted by Crippen LogP contribution is 2.05. The van der Waals surface area contributed by atoms with Crippen LogP contribution in [0.2, 0.25) is 0 Å². The van der Waals surface area contributed by atoms with Crippen molar-refractivity contribution >= 4 is 0 Å². The van der Waals surface area contributed by atoms with E-state index in [-0.39, 0.29) is 0 Å². The zero-order chi connectivity index (χ0) is 11.0. The summed E-state index contributed by atoms with van der Waals surface area (Å²) < 4.78 is 0. The Kier molecular flexibility index (Phi) is 6.43. The summed E-state index contributed by atoms with van der Waals surface area (Å²) in [6.45, 7) is 12.5. The Morgan fingerprint density at radius 2 is 2.07 bits per heavy atom. The lowest BCUT2D eigenvalue weighted by Crippen LogP contribution is -2.81. The summed E-state index contributed by atoms with van der Waals surface area (Å²) in [5.74, 6) is 0. The molecule has 0 bridgehead atoms. The van der Waals surface area contributed by atoms with Gasteiger partial charge in [0.25, 0.3) is 0 Å². The van der Waals surface area contributed by atoms with Gasteiger partial charge in [-0.3, -0.25) is 0 Å². The van der Waals surface area contributed by atoms with Gasteiger partial charge in [0.2, 0.25) is 0 Å². The van der Waals surface area contributed by atoms with E-state index in [0.717, 1.165) is 25.1 Å². The summed E-state index contributed by atoms with van der Waals surface area (Å²) in [6.07, 6.45) is 3.97. The summed E-state index contributed by atoms with van der Waals surface area (Å²) >= 11 is 0. The van der Waals surface area contributed by atoms with Gasteiger partial charge >= 0.3 is 0 Å². The van der Waals surface area contributed by atoms with E-state index in [0.29, 0.717) is 5.57 Å². The van der Waals surface area contributed by atoms with E-state index in [2.05, 4.69) is 18.5 Å². The highest BCUT2D eigenvalue weighted by Gasteiger charge is 1.94. The summed E-state index contributed by atoms with van der Waals surface area (Å²) in [4.78, 5) is 0. The second kappa shape index (κ2) is 7.11. The first-order valence-electron chi connectivity index (χ1n) is 4.81. The van der Waals surface area contributed by atoms with Crippen molar-refractivity contribution in [3.05, 3.63) is 36.1 Å². The van der Waals surface area contributed by atoms with Crippen LogP contribution in [0.1, 0.15) is 26.7 Å². The Bertz CT molecular complexity index is 279. The van der Waals surface area contributed by atoms with Crippen LogP contribution in [-0.4, -0.2) is 6.54 Å². The van der Waals surface area contributed by atoms with Crippen LogP contribution in [0.25, 0.3) is 0 Å². The predicted octanol–water partition coefficient (Wildman–Crippen LogP) is 1.89. The van der Waals surface area contributed by atoms with Crippen LogP contribution in [-0.2, 0) is 0 Å². The van der Waals surface area contributed by atoms with Crippen LogP contribution < -0.4 is 5.32 Å². The maximum Gasteiger partial charge on any atom is 0.0985 e. The van der Waals surface area contributed by atoms with E-state index < -0.39 is 0 Å². The Hall–Kier alpha value is -1.33. The van der Waals surface area contributed by atoms with Crippen molar-refractivity contribution in [3.63, 3.8) is 0 Å². The monoisotopic (exact) mass is 191 g/mol. The Morgan fingerprint density at radius 3 is 2.57 bits per heavy atom. The van der Waals surface area contributed by atoms with Gasteiger partial charge in [0.1, 0.15) is 0 Å². The molecule has 0 radical (unpaired) electrons. The molecule has 0 aromatic carbocycles. The summed E-state index contributed by atoms with van der Waals surface area (Å²) in [5.41, 5.74) is 2.87. The van der Waals surface area contributed by atoms with E-state index >= 15 is 0 Å². The molecule has 2 heteroatoms. The van der Waals surface area contributed by atoms with Crippen LogP contribution in [0.3, 0.4) is 0 Å². The second-order valence-corrected chi connectivity index (χ2v) is 3.57. The fourth-order valence-electron chi connectivity index (χ4n) is 1.13. The molecule has 0 saturated heterocycles. The Labute approximate surface area is 86.6 Å². The molecule has 0 unspecified atom stereocenters. The maximum atomic E-state index is 8.52. The van der Waals surface area contributed by atoms with E-state index in [9.17, 15) is 0 Å². The van der Waals surface area contributed by atoms with Gasteiger partial charge < -0.3 is 5.32 Å². The zero-order valence-corrected chi connectivity index (χ0v) is 9.14. The first kappa shape index (κ1) is 12.7. The van der Waals surface area contributed by atoms with E-state index in [1.165, 1.54) is 5.57 Å². The molecule has 2 nitrogen and oxygen atoms in total. The van der Waals surface area contributed by atoms with E-state index in [1.807, 2.05) is 26.0 Å². The molecule has 14 heavy (non-hydrogen) atoms. The third kappa shape index (κ3) is 7.33. The minimum atomic E-state index is 0.534. The quantitative estimate of drug-likeness (QED) is 0.389. The standard InChI is InChI=1S/C12H18N2/c1-10(2)14-7-5-6-11(3)8-12(4)9-13/h8,14H,1,4-7H2,2-3H3/p+1/b11-8+. The summed E-state index contributed by atoms with van der Waals surface area (Å²) in [5, 5.41) is 10.6. The normalized spacial score (nSPS) is 10.8. The molecule has 76 valence electrons. The lowest BCUT2D eigenvalue weighted by molar-refractivity contribution is -0.605. The molecule has 0 heterocycles. The minimum Gasteiger partial charge on any atom is -0.318 e. The van der Waals surface area contributed by atoms with E-state index in [4.69, 9.17) is 5.26 Å². The van der Waals surface area contributed by atoms with Gasteiger partial charge in [-0.05, 0) is 26.0 Å². The number of hydrogen-bond donors (Lipinski definition) is 1. The van der Waals surface area contributed by atoms with Gasteiger partial charge in [0, 0.05) is 18.9 Å². The molecule has 0 aromatic heterocycles. The highest BCUT2D eigenvalue weighted by molar-refractivity contribution is 5.31. The molecule has 0 rings (SSSR count). The molecule has 0 aliphatic rings. The fraction of sp³-hybridized carbons (Fsp3) is 0.417. The zero-order valence-electron chi connectivity index (χ0n) is 9.14. The molecule has 0 aliphatic heterocycles. The van der Waals surface area contributed by atoms with Crippen molar-refractivity contribution in [1.82, 2.24) is 0 Å². The molecular formula is C12H19N2+. The molecule has 0 amide bonds. The van der Waals surface area contributed by atoms with E-state index in [1.54, 1.807) is 0 Å². The van der Waals surface area contributed by atoms with Crippen LogP contribution >= 0.6 is 0 Å². The third-order valence-corrected chi connectivity index (χ3v) is 1.83. The molecule has 0 saturated carbocycles. The predicted molar refractivity (Wildman–Crippen MR) is 59.4 cm³/mol. The lowest BCUT2D eigenvalue weighted by atomic mass is 10.1. The number of rotatable bonds is 6. The number of nitriles is 1. The first-order chi connectivity index (χ1) is 6.56. The van der Waals surface area contributed by atoms with Gasteiger partial charge in [-0.1, -0.05) is 12.2 Å². The van der Waals surface area contributed by atoms with Crippen molar-refractivity contribution in [2.45, 2.75) is 26.7 Å². The minimum absolute atomic E-state index is 0.534. The number of quaternary nitrogens is 1. The van der Waals surface area contributed by atoms with Gasteiger partial charge in [-0.2, -0.15) is 5.26 Å². The Morgan fingerprint density at radius 1 is 1.43 bits per heavy atom. The Balaban J connectivity index is 3.70. The first-order valence-corrected chi connectivity index (χ1v) is 4.81. The molecule has 0 spiro atoms. The van der Waals surface area contributed by atoms with Crippen molar-refractivity contribution in [1.29, 1.82) is 5.26 Å². The number of nitrogens with two attached hydrogens (primary N) is 1. The van der Waals surface area contributed by atoms with Crippen molar-refractivity contribution < 1.29 is 5.32 Å². The molecule has 0 aromatic rings. The third-order valence-electron chi connectivity index (χ3n) is 1.83. The summed E-state index contributed by atoms with van der Waals surface area (Å²) in [7, 11) is 0. The SMILES string of the molecule is C=C(C#N)/C=C(\C)CCC[NH2+]C(=C)C. The van der Waals surface area contributed by atoms with Gasteiger partial charge in [0.15, 0.2) is 0 Å². The lowest BCUT2D eigenvalue weighted by Gasteiger charge is -2.00. The molecular weight excluding hydrogens is 172 g/mol. The number of hydrogen-bond acceptors (Lipinski definition) is 1. The highest BCUT2D eigenvalue weighted by atomic mass is 14.9. The maximum absolute atomic E-state index is 8.52.